The number of aliphatic hydroxyl groups excluding tert-OH is 16. The fourth-order valence-corrected chi connectivity index (χ4v) is 15.8. The molecule has 28 atom stereocenters. The van der Waals surface area contributed by atoms with Gasteiger partial charge in [0, 0.05) is 45.5 Å². The predicted molar refractivity (Wildman–Crippen MR) is 418 cm³/mol. The smallest absolute Gasteiger partial charge is 0.544 e. The van der Waals surface area contributed by atoms with E-state index in [0.717, 1.165) is 129 Å². The van der Waals surface area contributed by atoms with Crippen LogP contribution in [0.2, 0.25) is 0 Å². The molecule has 0 aromatic heterocycles. The molecule has 5 fully saturated rings. The maximum absolute atomic E-state index is 14.2. The van der Waals surface area contributed by atoms with Crippen molar-refractivity contribution in [3.05, 3.63) is 42.0 Å². The van der Waals surface area contributed by atoms with E-state index < -0.39 is 241 Å². The van der Waals surface area contributed by atoms with Crippen LogP contribution >= 0.6 is 0 Å². The van der Waals surface area contributed by atoms with Gasteiger partial charge in [-0.3, -0.25) is 14.4 Å². The molecule has 5 aliphatic heterocycles. The average Bonchev–Trinajstić information content (AvgIpc) is 0.749. The van der Waals surface area contributed by atoms with Crippen LogP contribution < -0.4 is 50.6 Å². The molecule has 0 saturated carbocycles. The standard InChI is InChI=1S/C82H142N4O31.Na/c1-6-9-12-15-18-19-20-21-22-23-24-25-26-27-33-38-61(97)85-52(54(94)41-53(51-36-31-30-32-37-51)86(39-34-28-16-13-10-7-2)40-35-29-17-14-11-8-3)48-108-78-70(104)68(102)72(59(46-90)111-78)113-80-71(105)76(117-82(81(106)107)42-55(95)62(83-49(4)92)75(116-82)64(98)56(96)43-87)73(60(47-91)112-80)114-77-63(84-50(5)93)74(66(100)58(45-89)109-77)115-79-69(103)67(101)65(99)57(44-88)110-79;/h30-32,36-37,41,52,54-60,62-80,87-91,94-96,98-105H,6-29,33-35,38-40,42-48H2,1-5H3,(H,83,92)(H,84,93)(H,85,97)(H,106,107);/q;+1/p-1/b53-41-;/t52-,54+,55-,56+,57+,58+,59+,60+,62+,63+,64?,65-,66-,67-,68+,69+,70+,71+,72+,73-,74+,75+,76+,77-,78+,79-,80-,82?;/m0./s1. The molecule has 0 bridgehead atoms. The quantitative estimate of drug-likeness (QED) is 0.0222. The van der Waals surface area contributed by atoms with Crippen LogP contribution in [0.25, 0.3) is 5.70 Å². The van der Waals surface area contributed by atoms with E-state index in [-0.39, 0.29) is 36.0 Å². The van der Waals surface area contributed by atoms with Crippen molar-refractivity contribution in [2.75, 3.05) is 52.7 Å². The molecule has 118 heavy (non-hydrogen) atoms. The van der Waals surface area contributed by atoms with Gasteiger partial charge < -0.3 is 160 Å². The first-order chi connectivity index (χ1) is 56.2. The fourth-order valence-electron chi connectivity index (χ4n) is 15.8. The zero-order chi connectivity index (χ0) is 85.7. The summed E-state index contributed by atoms with van der Waals surface area (Å²) in [4.78, 5) is 56.0. The molecular weight excluding hydrogens is 1560 g/mol. The van der Waals surface area contributed by atoms with Crippen molar-refractivity contribution in [2.24, 2.45) is 0 Å². The number of carboxylic acid groups (broad SMARTS) is 1. The number of carbonyl (C=O) groups excluding carboxylic acids is 4. The Hall–Kier alpha value is -3.40. The second-order valence-corrected chi connectivity index (χ2v) is 31.9. The van der Waals surface area contributed by atoms with Gasteiger partial charge in [0.15, 0.2) is 25.2 Å². The summed E-state index contributed by atoms with van der Waals surface area (Å²) in [6.45, 7) is 3.63. The largest absolute Gasteiger partial charge is 1.00 e. The number of benzene rings is 1. The number of rotatable bonds is 56. The van der Waals surface area contributed by atoms with Crippen molar-refractivity contribution < 1.29 is 183 Å². The molecule has 19 N–H and O–H groups in total. The zero-order valence-corrected chi connectivity index (χ0v) is 71.9. The molecular formula is C82H141N4NaO31. The third kappa shape index (κ3) is 31.9. The normalized spacial score (nSPS) is 32.4. The van der Waals surface area contributed by atoms with E-state index >= 15 is 0 Å². The molecule has 5 heterocycles. The Labute approximate surface area is 716 Å². The topological polar surface area (TPSA) is 547 Å². The number of aliphatic carboxylic acids is 1. The van der Waals surface area contributed by atoms with Crippen LogP contribution in [-0.4, -0.2) is 334 Å². The molecule has 6 rings (SSSR count). The summed E-state index contributed by atoms with van der Waals surface area (Å²) in [6.07, 6.45) is -20.4. The summed E-state index contributed by atoms with van der Waals surface area (Å²) < 4.78 is 60.7. The van der Waals surface area contributed by atoms with Gasteiger partial charge in [-0.2, -0.15) is 0 Å². The van der Waals surface area contributed by atoms with Crippen molar-refractivity contribution in [1.82, 2.24) is 20.9 Å². The molecule has 36 heteroatoms. The number of hydrogen-bond donors (Lipinski definition) is 19. The van der Waals surface area contributed by atoms with E-state index in [2.05, 4.69) is 41.6 Å². The Morgan fingerprint density at radius 2 is 0.958 bits per heavy atom. The summed E-state index contributed by atoms with van der Waals surface area (Å²) in [5.41, 5.74) is 1.52. The summed E-state index contributed by atoms with van der Waals surface area (Å²) in [7, 11) is 0. The Morgan fingerprint density at radius 3 is 1.47 bits per heavy atom. The first kappa shape index (κ1) is 105. The monoisotopic (exact) mass is 1700 g/mol. The number of carbonyl (C=O) groups is 4. The number of carboxylic acids is 1. The van der Waals surface area contributed by atoms with Crippen LogP contribution in [0.15, 0.2) is 36.4 Å². The average molecular weight is 1700 g/mol. The predicted octanol–water partition coefficient (Wildman–Crippen LogP) is -3.57. The summed E-state index contributed by atoms with van der Waals surface area (Å²) in [6, 6.07) is 4.60. The summed E-state index contributed by atoms with van der Waals surface area (Å²) in [5.74, 6) is -8.14. The Morgan fingerprint density at radius 1 is 0.517 bits per heavy atom. The minimum absolute atomic E-state index is 0. The summed E-state index contributed by atoms with van der Waals surface area (Å²) >= 11 is 0. The number of unbranched alkanes of at least 4 members (excludes halogenated alkanes) is 24. The van der Waals surface area contributed by atoms with E-state index in [4.69, 9.17) is 47.4 Å². The second kappa shape index (κ2) is 55.8. The van der Waals surface area contributed by atoms with E-state index in [1.807, 2.05) is 30.3 Å². The number of ether oxygens (including phenoxy) is 10. The minimum atomic E-state index is -3.51. The van der Waals surface area contributed by atoms with Gasteiger partial charge in [0.05, 0.1) is 63.9 Å². The van der Waals surface area contributed by atoms with Gasteiger partial charge in [-0.1, -0.05) is 205 Å². The zero-order valence-electron chi connectivity index (χ0n) is 69.9. The number of nitrogens with zero attached hydrogens (tertiary/aromatic N) is 1. The first-order valence-corrected chi connectivity index (χ1v) is 42.8. The van der Waals surface area contributed by atoms with E-state index in [1.54, 1.807) is 6.08 Å². The third-order valence-corrected chi connectivity index (χ3v) is 22.6. The van der Waals surface area contributed by atoms with Gasteiger partial charge in [0.1, 0.15) is 122 Å². The Kier molecular flexibility index (Phi) is 49.8. The number of hydrogen-bond acceptors (Lipinski definition) is 32. The minimum Gasteiger partial charge on any atom is -0.544 e. The van der Waals surface area contributed by atoms with E-state index in [9.17, 15) is 106 Å². The molecule has 0 aliphatic carbocycles. The van der Waals surface area contributed by atoms with Gasteiger partial charge >= 0.3 is 29.6 Å². The molecule has 0 radical (unpaired) electrons. The SMILES string of the molecule is CCCCCCCCCCCCCCCCCC(=O)N[C@@H](CO[C@@H]1O[C@H](CO)[C@@H](O[C@@H]2O[C@H](CO)[C@H](O[C@@H]3O[C@H](CO)[C@H](O)[C@H](O[C@@H]4O[C@H](CO)[C@H](O)[C@H](O)[C@H]4O)[C@H]3NC(C)=O)[C@H](OC3(C(=O)[O-])C[C@H](O)[C@@H](NC(C)=O)[C@H](C(O)[C@H](O)CO)O3)[C@H]2O)[C@H](O)[C@H]1O)[C@H](O)/C=C(/c1ccccc1)N(CCCCCCCC)CCCCCCCC.[Na+]. The molecule has 1 aromatic carbocycles. The maximum Gasteiger partial charge on any atom is 1.00 e. The van der Waals surface area contributed by atoms with Crippen molar-refractivity contribution in [1.29, 1.82) is 0 Å². The molecule has 5 aliphatic rings. The molecule has 676 valence electrons. The Balaban J connectivity index is 0.0000248. The number of aliphatic hydroxyl groups is 16. The molecule has 2 unspecified atom stereocenters. The van der Waals surface area contributed by atoms with Gasteiger partial charge in [0.25, 0.3) is 0 Å². The van der Waals surface area contributed by atoms with Crippen LogP contribution in [0.4, 0.5) is 0 Å². The van der Waals surface area contributed by atoms with Crippen LogP contribution in [0.1, 0.15) is 226 Å². The maximum atomic E-state index is 14.2. The van der Waals surface area contributed by atoms with Gasteiger partial charge in [-0.25, -0.2) is 0 Å². The van der Waals surface area contributed by atoms with Crippen LogP contribution in [0, 0.1) is 0 Å². The summed E-state index contributed by atoms with van der Waals surface area (Å²) in [5, 5.41) is 202. The van der Waals surface area contributed by atoms with Gasteiger partial charge in [0.2, 0.25) is 23.5 Å². The molecule has 0 spiro atoms. The molecule has 35 nitrogen and oxygen atoms in total. The van der Waals surface area contributed by atoms with Crippen molar-refractivity contribution >= 4 is 29.4 Å². The number of nitrogens with one attached hydrogen (secondary N) is 3. The van der Waals surface area contributed by atoms with Crippen LogP contribution in [0.3, 0.4) is 0 Å². The van der Waals surface area contributed by atoms with Gasteiger partial charge in [-0.05, 0) is 30.9 Å². The van der Waals surface area contributed by atoms with Crippen molar-refractivity contribution in [3.8, 4) is 0 Å². The van der Waals surface area contributed by atoms with Crippen molar-refractivity contribution in [3.63, 3.8) is 0 Å². The van der Waals surface area contributed by atoms with Crippen LogP contribution in [-0.2, 0) is 66.5 Å². The molecule has 5 saturated heterocycles. The van der Waals surface area contributed by atoms with Crippen molar-refractivity contribution in [2.45, 2.75) is 392 Å². The third-order valence-electron chi connectivity index (χ3n) is 22.6. The first-order valence-electron chi connectivity index (χ1n) is 42.8. The van der Waals surface area contributed by atoms with Gasteiger partial charge in [-0.15, -0.1) is 0 Å². The van der Waals surface area contributed by atoms with E-state index in [0.29, 0.717) is 25.2 Å². The molecule has 1 aromatic rings. The number of amides is 3. The second-order valence-electron chi connectivity index (χ2n) is 31.9. The van der Waals surface area contributed by atoms with Crippen LogP contribution in [0.5, 0.6) is 0 Å². The Bertz CT molecular complexity index is 2950. The molecule has 3 amide bonds. The fraction of sp³-hybridized carbons (Fsp3) is 0.854. The van der Waals surface area contributed by atoms with E-state index in [1.165, 1.54) is 57.8 Å².